The van der Waals surface area contributed by atoms with Gasteiger partial charge in [0.05, 0.1) is 11.4 Å². The normalized spacial score (nSPS) is 12.1. The molecule has 0 aliphatic heterocycles. The first-order chi connectivity index (χ1) is 9.08. The van der Waals surface area contributed by atoms with Crippen molar-refractivity contribution in [1.29, 1.82) is 0 Å². The third-order valence-electron chi connectivity index (χ3n) is 3.15. The molecule has 0 aliphatic rings. The van der Waals surface area contributed by atoms with Gasteiger partial charge in [-0.15, -0.1) is 0 Å². The van der Waals surface area contributed by atoms with Crippen LogP contribution in [0.5, 0.6) is 0 Å². The second-order valence-corrected chi connectivity index (χ2v) is 4.71. The summed E-state index contributed by atoms with van der Waals surface area (Å²) < 4.78 is 0. The topological polar surface area (TPSA) is 101 Å². The van der Waals surface area contributed by atoms with Crippen molar-refractivity contribution in [2.24, 2.45) is 11.7 Å². The average Bonchev–Trinajstić information content (AvgIpc) is 2.37. The second kappa shape index (κ2) is 7.63. The molecule has 0 heterocycles. The van der Waals surface area contributed by atoms with Gasteiger partial charge in [-0.25, -0.2) is 0 Å². The van der Waals surface area contributed by atoms with Crippen LogP contribution in [0.2, 0.25) is 0 Å². The number of primary amides is 1. The molecule has 1 rings (SSSR count). The summed E-state index contributed by atoms with van der Waals surface area (Å²) >= 11 is 0. The van der Waals surface area contributed by atoms with Crippen molar-refractivity contribution in [3.63, 3.8) is 0 Å². The van der Waals surface area contributed by atoms with Crippen molar-refractivity contribution in [3.8, 4) is 0 Å². The highest BCUT2D eigenvalue weighted by molar-refractivity contribution is 5.94. The van der Waals surface area contributed by atoms with E-state index in [1.807, 2.05) is 0 Å². The number of aliphatic hydroxyl groups is 1. The van der Waals surface area contributed by atoms with E-state index in [2.05, 4.69) is 12.2 Å². The fourth-order valence-corrected chi connectivity index (χ4v) is 2.06. The van der Waals surface area contributed by atoms with Crippen LogP contribution >= 0.6 is 0 Å². The summed E-state index contributed by atoms with van der Waals surface area (Å²) in [6.45, 7) is 3.02. The summed E-state index contributed by atoms with van der Waals surface area (Å²) in [5, 5.41) is 12.3. The first-order valence-electron chi connectivity index (χ1n) is 6.62. The maximum absolute atomic E-state index is 11.1. The Labute approximate surface area is 114 Å². The number of nitrogen functional groups attached to an aromatic ring is 1. The number of nitrogens with one attached hydrogen (secondary N) is 1. The Bertz CT molecular complexity index is 415. The summed E-state index contributed by atoms with van der Waals surface area (Å²) in [5.41, 5.74) is 12.8. The lowest BCUT2D eigenvalue weighted by atomic mass is 10.00. The quantitative estimate of drug-likeness (QED) is 0.536. The molecule has 0 bridgehead atoms. The van der Waals surface area contributed by atoms with Crippen LogP contribution < -0.4 is 16.8 Å². The smallest absolute Gasteiger partial charge is 0.248 e. The number of amides is 1. The molecule has 0 spiro atoms. The summed E-state index contributed by atoms with van der Waals surface area (Å²) in [4.78, 5) is 11.1. The molecule has 5 heteroatoms. The Morgan fingerprint density at radius 2 is 2.16 bits per heavy atom. The van der Waals surface area contributed by atoms with Gasteiger partial charge in [0, 0.05) is 18.7 Å². The van der Waals surface area contributed by atoms with Crippen LogP contribution in [0.1, 0.15) is 36.5 Å². The van der Waals surface area contributed by atoms with Gasteiger partial charge in [-0.1, -0.05) is 13.3 Å². The fraction of sp³-hybridized carbons (Fsp3) is 0.500. The van der Waals surface area contributed by atoms with Gasteiger partial charge in [0.25, 0.3) is 0 Å². The van der Waals surface area contributed by atoms with E-state index in [-0.39, 0.29) is 6.61 Å². The summed E-state index contributed by atoms with van der Waals surface area (Å²) in [6, 6.07) is 4.95. The van der Waals surface area contributed by atoms with Crippen LogP contribution in [0.3, 0.4) is 0 Å². The van der Waals surface area contributed by atoms with Gasteiger partial charge in [0.1, 0.15) is 0 Å². The molecule has 0 saturated carbocycles. The van der Waals surface area contributed by atoms with Crippen LogP contribution in [0.4, 0.5) is 11.4 Å². The van der Waals surface area contributed by atoms with Gasteiger partial charge in [-0.3, -0.25) is 4.79 Å². The van der Waals surface area contributed by atoms with E-state index in [0.717, 1.165) is 31.5 Å². The number of anilines is 2. The first kappa shape index (κ1) is 15.3. The van der Waals surface area contributed by atoms with Crippen molar-refractivity contribution < 1.29 is 9.90 Å². The largest absolute Gasteiger partial charge is 0.397 e. The Hall–Kier alpha value is -1.75. The molecule has 0 aromatic heterocycles. The average molecular weight is 265 g/mol. The predicted molar refractivity (Wildman–Crippen MR) is 78.0 cm³/mol. The van der Waals surface area contributed by atoms with E-state index in [1.165, 1.54) is 0 Å². The minimum Gasteiger partial charge on any atom is -0.397 e. The van der Waals surface area contributed by atoms with E-state index in [4.69, 9.17) is 16.6 Å². The first-order valence-corrected chi connectivity index (χ1v) is 6.62. The summed E-state index contributed by atoms with van der Waals surface area (Å²) in [5.74, 6) is -0.0739. The van der Waals surface area contributed by atoms with Gasteiger partial charge in [-0.2, -0.15) is 0 Å². The number of carbonyl (C=O) groups is 1. The number of hydrogen-bond donors (Lipinski definition) is 4. The van der Waals surface area contributed by atoms with Gasteiger partial charge >= 0.3 is 0 Å². The highest BCUT2D eigenvalue weighted by atomic mass is 16.3. The number of nitrogens with two attached hydrogens (primary N) is 2. The number of rotatable bonds is 8. The number of hydrogen-bond acceptors (Lipinski definition) is 4. The lowest BCUT2D eigenvalue weighted by Crippen LogP contribution is -2.17. The second-order valence-electron chi connectivity index (χ2n) is 4.71. The summed E-state index contributed by atoms with van der Waals surface area (Å²) in [7, 11) is 0. The molecule has 0 saturated heterocycles. The molecule has 5 nitrogen and oxygen atoms in total. The van der Waals surface area contributed by atoms with Crippen molar-refractivity contribution >= 4 is 17.3 Å². The van der Waals surface area contributed by atoms with E-state index in [9.17, 15) is 4.79 Å². The standard InChI is InChI=1S/C14H23N3O2/c1-2-3-10(6-7-18)9-17-13-8-11(14(16)19)4-5-12(13)15/h4-5,8,10,17-18H,2-3,6-7,9,15H2,1H3,(H2,16,19). The zero-order chi connectivity index (χ0) is 14.3. The molecular formula is C14H23N3O2. The highest BCUT2D eigenvalue weighted by Gasteiger charge is 2.09. The summed E-state index contributed by atoms with van der Waals surface area (Å²) in [6.07, 6.45) is 2.88. The van der Waals surface area contributed by atoms with E-state index < -0.39 is 5.91 Å². The number of aliphatic hydroxyl groups excluding tert-OH is 1. The lowest BCUT2D eigenvalue weighted by Gasteiger charge is -2.17. The van der Waals surface area contributed by atoms with Crippen LogP contribution in [0.15, 0.2) is 18.2 Å². The molecule has 1 aromatic carbocycles. The molecular weight excluding hydrogens is 242 g/mol. The zero-order valence-corrected chi connectivity index (χ0v) is 11.4. The molecule has 6 N–H and O–H groups in total. The molecule has 106 valence electrons. The Morgan fingerprint density at radius 3 is 2.74 bits per heavy atom. The Morgan fingerprint density at radius 1 is 1.42 bits per heavy atom. The van der Waals surface area contributed by atoms with Gasteiger partial charge in [0.2, 0.25) is 5.91 Å². The monoisotopic (exact) mass is 265 g/mol. The van der Waals surface area contributed by atoms with Crippen molar-refractivity contribution in [2.45, 2.75) is 26.2 Å². The SMILES string of the molecule is CCCC(CCO)CNc1cc(C(N)=O)ccc1N. The van der Waals surface area contributed by atoms with Crippen LogP contribution in [0, 0.1) is 5.92 Å². The minimum atomic E-state index is -0.469. The van der Waals surface area contributed by atoms with E-state index >= 15 is 0 Å². The minimum absolute atomic E-state index is 0.184. The Balaban J connectivity index is 2.69. The number of carbonyl (C=O) groups excluding carboxylic acids is 1. The van der Waals surface area contributed by atoms with Crippen molar-refractivity contribution in [2.75, 3.05) is 24.2 Å². The maximum Gasteiger partial charge on any atom is 0.248 e. The van der Waals surface area contributed by atoms with Gasteiger partial charge in [-0.05, 0) is 37.0 Å². The van der Waals surface area contributed by atoms with Crippen molar-refractivity contribution in [1.82, 2.24) is 0 Å². The predicted octanol–water partition coefficient (Wildman–Crippen LogP) is 1.58. The molecule has 1 unspecified atom stereocenters. The van der Waals surface area contributed by atoms with Gasteiger partial charge in [0.15, 0.2) is 0 Å². The maximum atomic E-state index is 11.1. The molecule has 0 fully saturated rings. The lowest BCUT2D eigenvalue weighted by molar-refractivity contribution is 0.100. The fourth-order valence-electron chi connectivity index (χ4n) is 2.06. The van der Waals surface area contributed by atoms with Crippen LogP contribution in [0.25, 0.3) is 0 Å². The molecule has 0 aliphatic carbocycles. The van der Waals surface area contributed by atoms with Crippen LogP contribution in [-0.2, 0) is 0 Å². The van der Waals surface area contributed by atoms with Crippen LogP contribution in [-0.4, -0.2) is 24.2 Å². The molecule has 1 amide bonds. The van der Waals surface area contributed by atoms with E-state index in [1.54, 1.807) is 18.2 Å². The third-order valence-corrected chi connectivity index (χ3v) is 3.15. The molecule has 0 radical (unpaired) electrons. The van der Waals surface area contributed by atoms with Gasteiger partial charge < -0.3 is 21.9 Å². The highest BCUT2D eigenvalue weighted by Crippen LogP contribution is 2.21. The molecule has 1 atom stereocenters. The zero-order valence-electron chi connectivity index (χ0n) is 11.4. The Kier molecular flexibility index (Phi) is 6.15. The van der Waals surface area contributed by atoms with E-state index in [0.29, 0.717) is 17.2 Å². The number of benzene rings is 1. The molecule has 1 aromatic rings. The molecule has 19 heavy (non-hydrogen) atoms. The third kappa shape index (κ3) is 4.79. The van der Waals surface area contributed by atoms with Crippen molar-refractivity contribution in [3.05, 3.63) is 23.8 Å².